The van der Waals surface area contributed by atoms with E-state index in [1.165, 1.54) is 12.2 Å². The standard InChI is InChI=1S/C26H34N2O5Si.C14H16N2O4/c1-25(2,3)34(6,7)33-26-18(14-11-15-19(26)29)21(28(4)5)22-20(23(26)30)24(27-32-22)31-16-17-12-9-8-10-13-17;1-7-10-12(20-15-7)11(16(2)3)8-5-4-6-9(17)14(8,19)13(10)18/h8-13,15,18,21H,14,16H2,1-7H3;4,6,8,11,19H,5H2,1-3H3/t18-,21-,26-;8-,11-,14-/m00/s1. The Balaban J connectivity index is 0.000000210. The van der Waals surface area contributed by atoms with Crippen molar-refractivity contribution in [2.24, 2.45) is 11.8 Å². The lowest BCUT2D eigenvalue weighted by molar-refractivity contribution is -0.137. The number of fused-ring (bicyclic) bond motifs is 4. The van der Waals surface area contributed by atoms with Crippen molar-refractivity contribution in [3.63, 3.8) is 0 Å². The molecule has 0 bridgehead atoms. The zero-order valence-corrected chi connectivity index (χ0v) is 33.6. The molecule has 0 unspecified atom stereocenters. The molecule has 7 rings (SSSR count). The minimum absolute atomic E-state index is 0.106. The van der Waals surface area contributed by atoms with Gasteiger partial charge in [0, 0.05) is 11.8 Å². The normalized spacial score (nSPS) is 27.6. The van der Waals surface area contributed by atoms with Crippen LogP contribution in [0, 0.1) is 18.8 Å². The minimum atomic E-state index is -2.53. The van der Waals surface area contributed by atoms with Crippen LogP contribution in [0.4, 0.5) is 0 Å². The predicted molar refractivity (Wildman–Crippen MR) is 201 cm³/mol. The quantitative estimate of drug-likeness (QED) is 0.234. The lowest BCUT2D eigenvalue weighted by Crippen LogP contribution is -2.65. The average molecular weight is 759 g/mol. The second-order valence-corrected chi connectivity index (χ2v) is 21.3. The van der Waals surface area contributed by atoms with Crippen molar-refractivity contribution in [1.82, 2.24) is 20.1 Å². The van der Waals surface area contributed by atoms with Crippen LogP contribution in [0.3, 0.4) is 0 Å². The molecule has 0 fully saturated rings. The summed E-state index contributed by atoms with van der Waals surface area (Å²) in [6, 6.07) is 8.91. The maximum atomic E-state index is 14.3. The molecule has 0 spiro atoms. The van der Waals surface area contributed by atoms with Crippen molar-refractivity contribution >= 4 is 31.5 Å². The number of ketones is 4. The number of rotatable bonds is 7. The highest BCUT2D eigenvalue weighted by Crippen LogP contribution is 2.54. The van der Waals surface area contributed by atoms with Crippen molar-refractivity contribution in [3.8, 4) is 5.88 Å². The Kier molecular flexibility index (Phi) is 10.2. The van der Waals surface area contributed by atoms with E-state index in [-0.39, 0.29) is 46.5 Å². The van der Waals surface area contributed by atoms with Crippen LogP contribution in [0.2, 0.25) is 18.1 Å². The number of carbonyl (C=O) groups is 4. The van der Waals surface area contributed by atoms with E-state index in [2.05, 4.69) is 44.2 Å². The zero-order chi connectivity index (χ0) is 39.5. The smallest absolute Gasteiger partial charge is 0.265 e. The number of aryl methyl sites for hydroxylation is 1. The van der Waals surface area contributed by atoms with E-state index in [1.54, 1.807) is 13.0 Å². The maximum absolute atomic E-state index is 14.3. The van der Waals surface area contributed by atoms with Gasteiger partial charge >= 0.3 is 0 Å². The number of hydrogen-bond donors (Lipinski definition) is 1. The predicted octanol–water partition coefficient (Wildman–Crippen LogP) is 5.62. The topological polar surface area (TPSA) is 166 Å². The Morgan fingerprint density at radius 3 is 2.00 bits per heavy atom. The van der Waals surface area contributed by atoms with Crippen molar-refractivity contribution in [2.45, 2.75) is 88.6 Å². The molecule has 13 nitrogen and oxygen atoms in total. The van der Waals surface area contributed by atoms with Crippen LogP contribution >= 0.6 is 0 Å². The van der Waals surface area contributed by atoms with Gasteiger partial charge < -0.3 is 23.3 Å². The molecule has 0 saturated carbocycles. The third kappa shape index (κ3) is 6.17. The Bertz CT molecular complexity index is 2020. The Hall–Kier alpha value is -4.34. The maximum Gasteiger partial charge on any atom is 0.265 e. The number of carbonyl (C=O) groups excluding carboxylic acids is 4. The van der Waals surface area contributed by atoms with Crippen LogP contribution in [0.25, 0.3) is 0 Å². The molecular weight excluding hydrogens is 709 g/mol. The van der Waals surface area contributed by atoms with Crippen molar-refractivity contribution < 1.29 is 42.5 Å². The number of hydrogen-bond acceptors (Lipinski definition) is 13. The molecule has 54 heavy (non-hydrogen) atoms. The molecule has 4 aliphatic rings. The third-order valence-electron chi connectivity index (χ3n) is 11.7. The molecule has 0 aliphatic heterocycles. The van der Waals surface area contributed by atoms with Crippen LogP contribution in [-0.2, 0) is 20.6 Å². The van der Waals surface area contributed by atoms with Gasteiger partial charge in [0.05, 0.1) is 23.3 Å². The lowest BCUT2D eigenvalue weighted by atomic mass is 9.65. The average Bonchev–Trinajstić information content (AvgIpc) is 3.70. The van der Waals surface area contributed by atoms with Gasteiger partial charge in [0.2, 0.25) is 11.6 Å². The van der Waals surface area contributed by atoms with Crippen LogP contribution in [0.5, 0.6) is 5.88 Å². The number of allylic oxidation sites excluding steroid dienone is 2. The fourth-order valence-corrected chi connectivity index (χ4v) is 9.37. The second-order valence-electron chi connectivity index (χ2n) is 16.6. The van der Waals surface area contributed by atoms with Gasteiger partial charge in [-0.1, -0.05) is 68.4 Å². The van der Waals surface area contributed by atoms with E-state index in [4.69, 9.17) is 18.2 Å². The molecule has 0 amide bonds. The number of nitrogens with zero attached hydrogens (tertiary/aromatic N) is 4. The molecule has 1 aromatic carbocycles. The molecule has 6 atom stereocenters. The number of Topliss-reactive ketones (excluding diaryl/α,β-unsaturated/α-hetero) is 2. The highest BCUT2D eigenvalue weighted by molar-refractivity contribution is 6.74. The van der Waals surface area contributed by atoms with Gasteiger partial charge in [-0.3, -0.25) is 29.0 Å². The molecule has 0 radical (unpaired) electrons. The van der Waals surface area contributed by atoms with Crippen molar-refractivity contribution in [1.29, 1.82) is 0 Å². The van der Waals surface area contributed by atoms with Crippen LogP contribution in [0.1, 0.15) is 89.2 Å². The van der Waals surface area contributed by atoms with Crippen molar-refractivity contribution in [2.75, 3.05) is 28.2 Å². The van der Waals surface area contributed by atoms with Gasteiger partial charge in [-0.2, -0.15) is 0 Å². The molecule has 14 heteroatoms. The molecule has 4 aliphatic carbocycles. The molecule has 288 valence electrons. The summed E-state index contributed by atoms with van der Waals surface area (Å²) in [5, 5.41) is 18.6. The van der Waals surface area contributed by atoms with Gasteiger partial charge in [0.15, 0.2) is 42.6 Å². The highest BCUT2D eigenvalue weighted by atomic mass is 28.4. The van der Waals surface area contributed by atoms with Gasteiger partial charge in [-0.05, 0) is 89.0 Å². The highest BCUT2D eigenvalue weighted by Gasteiger charge is 2.65. The Morgan fingerprint density at radius 1 is 0.833 bits per heavy atom. The van der Waals surface area contributed by atoms with E-state index in [9.17, 15) is 24.3 Å². The summed E-state index contributed by atoms with van der Waals surface area (Å²) in [5.41, 5.74) is -1.83. The summed E-state index contributed by atoms with van der Waals surface area (Å²) >= 11 is 0. The number of benzene rings is 1. The fourth-order valence-electron chi connectivity index (χ4n) is 7.91. The van der Waals surface area contributed by atoms with Gasteiger partial charge in [0.1, 0.15) is 12.2 Å². The largest absolute Gasteiger partial charge is 0.470 e. The summed E-state index contributed by atoms with van der Waals surface area (Å²) in [6.45, 7) is 12.3. The second kappa shape index (κ2) is 14.1. The monoisotopic (exact) mass is 758 g/mol. The number of aromatic nitrogens is 2. The molecule has 1 N–H and O–H groups in total. The van der Waals surface area contributed by atoms with Gasteiger partial charge in [-0.25, -0.2) is 0 Å². The number of ether oxygens (including phenoxy) is 1. The van der Waals surface area contributed by atoms with Gasteiger partial charge in [0.25, 0.3) is 5.88 Å². The summed E-state index contributed by atoms with van der Waals surface area (Å²) in [4.78, 5) is 56.5. The first-order valence-corrected chi connectivity index (χ1v) is 21.1. The Labute approximate surface area is 316 Å². The van der Waals surface area contributed by atoms with Gasteiger partial charge in [-0.15, -0.1) is 0 Å². The summed E-state index contributed by atoms with van der Waals surface area (Å²) < 4.78 is 23.8. The molecular formula is C40H50N4O9Si. The fraction of sp³-hybridized carbons (Fsp3) is 0.500. The van der Waals surface area contributed by atoms with E-state index in [0.717, 1.165) is 5.56 Å². The van der Waals surface area contributed by atoms with E-state index in [1.807, 2.05) is 74.4 Å². The van der Waals surface area contributed by atoms with E-state index >= 15 is 0 Å². The lowest BCUT2D eigenvalue weighted by Gasteiger charge is -2.51. The summed E-state index contributed by atoms with van der Waals surface area (Å²) in [6.07, 6.45) is 7.27. The van der Waals surface area contributed by atoms with E-state index in [0.29, 0.717) is 30.1 Å². The summed E-state index contributed by atoms with van der Waals surface area (Å²) in [5.74, 6) is -1.88. The third-order valence-corrected chi connectivity index (χ3v) is 16.1. The van der Waals surface area contributed by atoms with Crippen molar-refractivity contribution in [3.05, 3.63) is 88.5 Å². The van der Waals surface area contributed by atoms with Crippen LogP contribution < -0.4 is 4.74 Å². The number of aliphatic hydroxyl groups is 1. The summed E-state index contributed by atoms with van der Waals surface area (Å²) in [7, 11) is 4.94. The Morgan fingerprint density at radius 2 is 1.39 bits per heavy atom. The first-order valence-electron chi connectivity index (χ1n) is 18.2. The molecule has 3 aromatic rings. The van der Waals surface area contributed by atoms with E-state index < -0.39 is 48.7 Å². The van der Waals surface area contributed by atoms with Crippen LogP contribution in [-0.4, -0.2) is 96.1 Å². The zero-order valence-electron chi connectivity index (χ0n) is 32.6. The SMILES string of the molecule is CN(C)[C@@H]1c2onc(OCc3ccccc3)c2C(=O)[C@@]2(O[Si](C)(C)C(C)(C)C)C(=O)C=CC[C@@H]12.Cc1noc2c1C(=O)[C@@]1(O)C(=O)C=CC[C@H]1[C@@H]2N(C)C. The molecule has 0 saturated heterocycles. The molecule has 2 aromatic heterocycles. The minimum Gasteiger partial charge on any atom is -0.470 e. The first kappa shape index (κ1) is 39.4. The molecule has 2 heterocycles. The van der Waals surface area contributed by atoms with Crippen LogP contribution in [0.15, 0.2) is 63.7 Å². The first-order chi connectivity index (χ1) is 25.3.